The number of hydrogen-bond donors (Lipinski definition) is 2. The number of likely N-dealkylation sites (N-methyl/N-ethyl adjacent to an activating group) is 1. The minimum absolute atomic E-state index is 0.0155. The van der Waals surface area contributed by atoms with Gasteiger partial charge in [-0.25, -0.2) is 0 Å². The van der Waals surface area contributed by atoms with E-state index in [0.717, 1.165) is 38.5 Å². The van der Waals surface area contributed by atoms with Crippen LogP contribution in [0, 0.1) is 0 Å². The van der Waals surface area contributed by atoms with E-state index in [2.05, 4.69) is 31.3 Å². The number of phosphoric ester groups is 1. The molecule has 2 N–H and O–H groups in total. The number of aliphatic hydroxyl groups is 1. The molecule has 0 radical (unpaired) electrons. The number of unbranched alkanes of at least 4 members (excludes halogenated alkanes) is 50. The maximum atomic E-state index is 13.0. The fraction of sp³-hybridized carbons (Fsp3) is 0.956. The van der Waals surface area contributed by atoms with Gasteiger partial charge in [0.05, 0.1) is 39.9 Å². The van der Waals surface area contributed by atoms with Gasteiger partial charge >= 0.3 is 0 Å². The molecule has 3 atom stereocenters. The van der Waals surface area contributed by atoms with Crippen molar-refractivity contribution in [2.75, 3.05) is 40.9 Å². The van der Waals surface area contributed by atoms with Crippen molar-refractivity contribution in [3.63, 3.8) is 0 Å². The Labute approximate surface area is 482 Å². The summed E-state index contributed by atoms with van der Waals surface area (Å²) in [5, 5.41) is 14.0. The molecule has 0 spiro atoms. The molecule has 9 heteroatoms. The maximum absolute atomic E-state index is 13.0. The van der Waals surface area contributed by atoms with E-state index >= 15 is 0 Å². The summed E-state index contributed by atoms with van der Waals surface area (Å²) in [6.07, 6.45) is 75.9. The highest BCUT2D eigenvalue weighted by molar-refractivity contribution is 7.45. The molecule has 8 nitrogen and oxygen atoms in total. The van der Waals surface area contributed by atoms with Crippen LogP contribution in [0.4, 0.5) is 0 Å². The average Bonchev–Trinajstić information content (AvgIpc) is 3.39. The number of rotatable bonds is 65. The number of carbonyl (C=O) groups excluding carboxylic acids is 1. The second kappa shape index (κ2) is 59.8. The highest BCUT2D eigenvalue weighted by Gasteiger charge is 2.24. The quantitative estimate of drug-likeness (QED) is 0.0272. The van der Waals surface area contributed by atoms with E-state index in [-0.39, 0.29) is 19.1 Å². The molecule has 0 aromatic carbocycles. The monoisotopic (exact) mass is 1110 g/mol. The zero-order chi connectivity index (χ0) is 56.3. The van der Waals surface area contributed by atoms with Crippen LogP contribution in [0.5, 0.6) is 0 Å². The summed E-state index contributed by atoms with van der Waals surface area (Å²) in [6.45, 7) is 4.78. The first-order valence-electron chi connectivity index (χ1n) is 34.5. The highest BCUT2D eigenvalue weighted by atomic mass is 31.2. The molecule has 0 aliphatic rings. The Hall–Kier alpha value is -0.760. The number of hydrogen-bond acceptors (Lipinski definition) is 6. The molecular weight excluding hydrogens is 972 g/mol. The molecule has 77 heavy (non-hydrogen) atoms. The van der Waals surface area contributed by atoms with Crippen molar-refractivity contribution in [1.29, 1.82) is 0 Å². The Morgan fingerprint density at radius 2 is 0.714 bits per heavy atom. The number of allylic oxidation sites excluding steroid dienone is 2. The van der Waals surface area contributed by atoms with Crippen molar-refractivity contribution >= 4 is 13.7 Å². The zero-order valence-corrected chi connectivity index (χ0v) is 53.6. The van der Waals surface area contributed by atoms with E-state index in [9.17, 15) is 19.4 Å². The fourth-order valence-corrected chi connectivity index (χ4v) is 11.6. The number of phosphoric acid groups is 1. The molecule has 0 aliphatic carbocycles. The van der Waals surface area contributed by atoms with E-state index in [1.54, 1.807) is 0 Å². The van der Waals surface area contributed by atoms with Gasteiger partial charge in [0.25, 0.3) is 7.82 Å². The third-order valence-electron chi connectivity index (χ3n) is 16.3. The molecule has 0 saturated heterocycles. The first-order chi connectivity index (χ1) is 37.5. The molecule has 0 aromatic heterocycles. The maximum Gasteiger partial charge on any atom is 0.268 e. The van der Waals surface area contributed by atoms with Gasteiger partial charge in [0, 0.05) is 6.42 Å². The number of amides is 1. The number of nitrogens with one attached hydrogen (secondary N) is 1. The van der Waals surface area contributed by atoms with E-state index in [0.29, 0.717) is 23.9 Å². The highest BCUT2D eigenvalue weighted by Crippen LogP contribution is 2.38. The molecule has 0 heterocycles. The Kier molecular flexibility index (Phi) is 59.3. The van der Waals surface area contributed by atoms with Gasteiger partial charge in [-0.05, 0) is 38.5 Å². The Balaban J connectivity index is 3.86. The smallest absolute Gasteiger partial charge is 0.268 e. The van der Waals surface area contributed by atoms with Crippen LogP contribution < -0.4 is 10.2 Å². The fourth-order valence-electron chi connectivity index (χ4n) is 10.9. The van der Waals surface area contributed by atoms with Crippen LogP contribution in [0.2, 0.25) is 0 Å². The zero-order valence-electron chi connectivity index (χ0n) is 52.7. The van der Waals surface area contributed by atoms with Gasteiger partial charge < -0.3 is 28.8 Å². The van der Waals surface area contributed by atoms with Crippen LogP contribution in [0.1, 0.15) is 367 Å². The van der Waals surface area contributed by atoms with E-state index < -0.39 is 20.0 Å². The molecule has 0 rings (SSSR count). The molecule has 0 aliphatic heterocycles. The van der Waals surface area contributed by atoms with Crippen molar-refractivity contribution in [3.05, 3.63) is 12.2 Å². The number of nitrogens with zero attached hydrogens (tertiary/aromatic N) is 1. The third kappa shape index (κ3) is 62.7. The first-order valence-corrected chi connectivity index (χ1v) is 36.0. The lowest BCUT2D eigenvalue weighted by Crippen LogP contribution is -2.46. The van der Waals surface area contributed by atoms with Crippen LogP contribution in [0.25, 0.3) is 0 Å². The van der Waals surface area contributed by atoms with Crippen molar-refractivity contribution in [3.8, 4) is 0 Å². The van der Waals surface area contributed by atoms with E-state index in [4.69, 9.17) is 9.05 Å². The Bertz CT molecular complexity index is 1260. The van der Waals surface area contributed by atoms with Crippen LogP contribution in [-0.4, -0.2) is 68.5 Å². The summed E-state index contributed by atoms with van der Waals surface area (Å²) in [5.41, 5.74) is 0. The Morgan fingerprint density at radius 3 is 1.01 bits per heavy atom. The molecule has 0 bridgehead atoms. The molecule has 0 saturated carbocycles. The van der Waals surface area contributed by atoms with Gasteiger partial charge in [0.1, 0.15) is 13.2 Å². The van der Waals surface area contributed by atoms with Gasteiger partial charge in [0.15, 0.2) is 0 Å². The second-order valence-corrected chi connectivity index (χ2v) is 26.7. The molecule has 460 valence electrons. The van der Waals surface area contributed by atoms with Crippen molar-refractivity contribution in [2.45, 2.75) is 379 Å². The average molecular weight is 1110 g/mol. The Morgan fingerprint density at radius 1 is 0.442 bits per heavy atom. The first kappa shape index (κ1) is 76.2. The van der Waals surface area contributed by atoms with Gasteiger partial charge in [-0.15, -0.1) is 0 Å². The molecule has 1 amide bonds. The minimum Gasteiger partial charge on any atom is -0.756 e. The molecular formula is C68H137N2O6P. The van der Waals surface area contributed by atoms with Crippen LogP contribution in [-0.2, 0) is 18.4 Å². The summed E-state index contributed by atoms with van der Waals surface area (Å²) in [4.78, 5) is 25.6. The molecule has 0 aromatic rings. The standard InChI is InChI=1S/C68H137N2O6P/c1-6-8-10-12-14-16-18-20-22-24-25-26-27-28-29-30-31-32-33-34-35-36-37-38-39-40-41-42-43-44-45-46-48-50-52-54-56-58-60-62-68(72)69-66(65-76-77(73,74)75-64-63-70(3,4)5)67(71)61-59-57-55-53-51-49-47-23-21-19-17-15-13-11-9-7-2/h34-35,66-67,71H,6-33,36-65H2,1-5H3,(H-,69,72,73,74)/b35-34-. The predicted octanol–water partition coefficient (Wildman–Crippen LogP) is 21.1. The normalized spacial score (nSPS) is 13.7. The third-order valence-corrected chi connectivity index (χ3v) is 17.2. The van der Waals surface area contributed by atoms with Crippen molar-refractivity contribution in [2.24, 2.45) is 0 Å². The number of carbonyl (C=O) groups is 1. The van der Waals surface area contributed by atoms with Gasteiger partial charge in [-0.3, -0.25) is 9.36 Å². The summed E-state index contributed by atoms with van der Waals surface area (Å²) >= 11 is 0. The minimum atomic E-state index is -4.57. The van der Waals surface area contributed by atoms with E-state index in [1.807, 2.05) is 21.1 Å². The largest absolute Gasteiger partial charge is 0.756 e. The molecule has 0 fully saturated rings. The second-order valence-electron chi connectivity index (χ2n) is 25.2. The van der Waals surface area contributed by atoms with Gasteiger partial charge in [0.2, 0.25) is 5.91 Å². The summed E-state index contributed by atoms with van der Waals surface area (Å²) in [7, 11) is 1.32. The summed E-state index contributed by atoms with van der Waals surface area (Å²) in [5.74, 6) is -0.157. The van der Waals surface area contributed by atoms with E-state index in [1.165, 1.54) is 302 Å². The number of aliphatic hydroxyl groups excluding tert-OH is 1. The summed E-state index contributed by atoms with van der Waals surface area (Å²) < 4.78 is 23.5. The van der Waals surface area contributed by atoms with Gasteiger partial charge in [-0.1, -0.05) is 334 Å². The predicted molar refractivity (Wildman–Crippen MR) is 335 cm³/mol. The summed E-state index contributed by atoms with van der Waals surface area (Å²) in [6, 6.07) is -0.797. The lowest BCUT2D eigenvalue weighted by Gasteiger charge is -2.30. The molecule has 3 unspecified atom stereocenters. The van der Waals surface area contributed by atoms with Crippen molar-refractivity contribution in [1.82, 2.24) is 5.32 Å². The van der Waals surface area contributed by atoms with Crippen molar-refractivity contribution < 1.29 is 32.9 Å². The number of quaternary nitrogens is 1. The lowest BCUT2D eigenvalue weighted by atomic mass is 10.0. The lowest BCUT2D eigenvalue weighted by molar-refractivity contribution is -0.870. The van der Waals surface area contributed by atoms with Crippen LogP contribution >= 0.6 is 7.82 Å². The van der Waals surface area contributed by atoms with Crippen LogP contribution in [0.3, 0.4) is 0 Å². The van der Waals surface area contributed by atoms with Gasteiger partial charge in [-0.2, -0.15) is 0 Å². The van der Waals surface area contributed by atoms with Crippen LogP contribution in [0.15, 0.2) is 12.2 Å². The SMILES string of the molecule is CCCCCCCCCCCCCCCCCCCC/C=C\CCCCCCCCCCCCCCCCCCCC(=O)NC(COP(=O)([O-])OCC[N+](C)(C)C)C(O)CCCCCCCCCCCCCCCCCC. The topological polar surface area (TPSA) is 108 Å².